The van der Waals surface area contributed by atoms with E-state index in [2.05, 4.69) is 9.73 Å². The second-order valence-electron chi connectivity index (χ2n) is 2.60. The van der Waals surface area contributed by atoms with Gasteiger partial charge in [-0.05, 0) is 17.7 Å². The maximum absolute atomic E-state index is 10.7. The summed E-state index contributed by atoms with van der Waals surface area (Å²) in [5, 5.41) is 0.645. The summed E-state index contributed by atoms with van der Waals surface area (Å²) in [4.78, 5) is 14.6. The number of nitrogens with zero attached hydrogens (tertiary/aromatic N) is 1. The number of esters is 1. The average molecular weight is 212 g/mol. The van der Waals surface area contributed by atoms with Crippen molar-refractivity contribution in [2.24, 2.45) is 4.99 Å². The molecule has 4 heteroatoms. The minimum absolute atomic E-state index is 0.0308. The van der Waals surface area contributed by atoms with Gasteiger partial charge in [0.15, 0.2) is 0 Å². The van der Waals surface area contributed by atoms with E-state index in [9.17, 15) is 4.79 Å². The molecular formula is C10H10ClNO2. The van der Waals surface area contributed by atoms with Crippen molar-refractivity contribution in [3.63, 3.8) is 0 Å². The molecule has 0 aliphatic heterocycles. The van der Waals surface area contributed by atoms with Crippen molar-refractivity contribution in [2.45, 2.75) is 0 Å². The lowest BCUT2D eigenvalue weighted by Gasteiger charge is -1.94. The molecule has 1 rings (SSSR count). The number of hydrogen-bond donors (Lipinski definition) is 0. The molecule has 0 unspecified atom stereocenters. The largest absolute Gasteiger partial charge is 0.468 e. The van der Waals surface area contributed by atoms with Crippen molar-refractivity contribution in [1.29, 1.82) is 0 Å². The summed E-state index contributed by atoms with van der Waals surface area (Å²) in [6.45, 7) is 0.0308. The number of ether oxygens (including phenoxy) is 1. The molecule has 0 atom stereocenters. The van der Waals surface area contributed by atoms with Gasteiger partial charge in [0, 0.05) is 11.2 Å². The Morgan fingerprint density at radius 2 is 2.43 bits per heavy atom. The molecule has 3 nitrogen and oxygen atoms in total. The lowest BCUT2D eigenvalue weighted by Crippen LogP contribution is -2.04. The highest BCUT2D eigenvalue weighted by molar-refractivity contribution is 6.30. The molecule has 0 aromatic heterocycles. The van der Waals surface area contributed by atoms with Crippen molar-refractivity contribution < 1.29 is 9.53 Å². The van der Waals surface area contributed by atoms with Crippen LogP contribution < -0.4 is 0 Å². The Bertz CT molecular complexity index is 350. The topological polar surface area (TPSA) is 38.7 Å². The van der Waals surface area contributed by atoms with Crippen molar-refractivity contribution in [2.75, 3.05) is 13.7 Å². The van der Waals surface area contributed by atoms with Crippen LogP contribution in [0, 0.1) is 0 Å². The van der Waals surface area contributed by atoms with Crippen molar-refractivity contribution in [3.05, 3.63) is 34.9 Å². The van der Waals surface area contributed by atoms with E-state index in [4.69, 9.17) is 11.6 Å². The number of rotatable bonds is 3. The monoisotopic (exact) mass is 211 g/mol. The zero-order valence-corrected chi connectivity index (χ0v) is 8.49. The predicted molar refractivity (Wildman–Crippen MR) is 55.9 cm³/mol. The van der Waals surface area contributed by atoms with Gasteiger partial charge in [-0.3, -0.25) is 9.79 Å². The zero-order chi connectivity index (χ0) is 10.4. The fourth-order valence-electron chi connectivity index (χ4n) is 0.877. The number of benzene rings is 1. The highest BCUT2D eigenvalue weighted by atomic mass is 35.5. The molecule has 74 valence electrons. The molecule has 14 heavy (non-hydrogen) atoms. The molecule has 0 spiro atoms. The van der Waals surface area contributed by atoms with Gasteiger partial charge in [-0.25, -0.2) is 0 Å². The first-order valence-corrected chi connectivity index (χ1v) is 4.42. The van der Waals surface area contributed by atoms with Gasteiger partial charge in [-0.15, -0.1) is 0 Å². The molecule has 0 saturated carbocycles. The van der Waals surface area contributed by atoms with Crippen LogP contribution >= 0.6 is 11.6 Å². The van der Waals surface area contributed by atoms with Gasteiger partial charge < -0.3 is 4.74 Å². The van der Waals surface area contributed by atoms with Gasteiger partial charge in [-0.1, -0.05) is 23.7 Å². The zero-order valence-electron chi connectivity index (χ0n) is 7.74. The fourth-order valence-corrected chi connectivity index (χ4v) is 1.08. The smallest absolute Gasteiger partial charge is 0.327 e. The Balaban J connectivity index is 2.56. The number of halogens is 1. The first-order chi connectivity index (χ1) is 6.72. The summed E-state index contributed by atoms with van der Waals surface area (Å²) in [6.07, 6.45) is 1.59. The van der Waals surface area contributed by atoms with Crippen LogP contribution in [0.15, 0.2) is 29.3 Å². The Morgan fingerprint density at radius 3 is 3.07 bits per heavy atom. The predicted octanol–water partition coefficient (Wildman–Crippen LogP) is 1.93. The van der Waals surface area contributed by atoms with Crippen molar-refractivity contribution in [3.8, 4) is 0 Å². The molecule has 0 radical (unpaired) electrons. The Labute approximate surface area is 87.4 Å². The number of carbonyl (C=O) groups is 1. The maximum atomic E-state index is 10.7. The summed E-state index contributed by atoms with van der Waals surface area (Å²) in [5.74, 6) is -0.358. The van der Waals surface area contributed by atoms with E-state index in [1.807, 2.05) is 12.1 Å². The van der Waals surface area contributed by atoms with E-state index < -0.39 is 0 Å². The molecule has 0 saturated heterocycles. The van der Waals surface area contributed by atoms with Crippen LogP contribution in [0.2, 0.25) is 5.02 Å². The Morgan fingerprint density at radius 1 is 1.64 bits per heavy atom. The first kappa shape index (κ1) is 10.7. The van der Waals surface area contributed by atoms with E-state index in [0.717, 1.165) is 5.56 Å². The molecule has 0 bridgehead atoms. The van der Waals surface area contributed by atoms with Crippen LogP contribution in [0.5, 0.6) is 0 Å². The minimum Gasteiger partial charge on any atom is -0.468 e. The third kappa shape index (κ3) is 3.58. The van der Waals surface area contributed by atoms with E-state index in [-0.39, 0.29) is 12.5 Å². The maximum Gasteiger partial charge on any atom is 0.327 e. The second kappa shape index (κ2) is 5.40. The highest BCUT2D eigenvalue weighted by Gasteiger charge is 1.95. The third-order valence-electron chi connectivity index (χ3n) is 1.54. The van der Waals surface area contributed by atoms with Crippen LogP contribution in [0.25, 0.3) is 0 Å². The molecular weight excluding hydrogens is 202 g/mol. The molecule has 1 aromatic rings. The number of aliphatic imine (C=N–C) groups is 1. The van der Waals surface area contributed by atoms with Crippen LogP contribution in [-0.2, 0) is 9.53 Å². The van der Waals surface area contributed by atoms with Crippen molar-refractivity contribution in [1.82, 2.24) is 0 Å². The molecule has 0 aliphatic carbocycles. The summed E-state index contributed by atoms with van der Waals surface area (Å²) in [7, 11) is 1.33. The molecule has 0 fully saturated rings. The van der Waals surface area contributed by atoms with Crippen molar-refractivity contribution >= 4 is 23.8 Å². The minimum atomic E-state index is -0.358. The van der Waals surface area contributed by atoms with E-state index >= 15 is 0 Å². The summed E-state index contributed by atoms with van der Waals surface area (Å²) < 4.78 is 4.43. The summed E-state index contributed by atoms with van der Waals surface area (Å²) in [6, 6.07) is 7.22. The standard InChI is InChI=1S/C10H10ClNO2/c1-14-10(13)7-12-6-8-3-2-4-9(11)5-8/h2-6H,7H2,1H3. The first-order valence-electron chi connectivity index (χ1n) is 4.04. The fraction of sp³-hybridized carbons (Fsp3) is 0.200. The number of hydrogen-bond acceptors (Lipinski definition) is 3. The molecule has 0 heterocycles. The Hall–Kier alpha value is -1.35. The van der Waals surface area contributed by atoms with Crippen LogP contribution in [0.4, 0.5) is 0 Å². The van der Waals surface area contributed by atoms with Crippen LogP contribution in [-0.4, -0.2) is 25.8 Å². The van der Waals surface area contributed by atoms with Gasteiger partial charge >= 0.3 is 5.97 Å². The van der Waals surface area contributed by atoms with E-state index in [1.54, 1.807) is 18.3 Å². The summed E-state index contributed by atoms with van der Waals surface area (Å²) >= 11 is 5.76. The van der Waals surface area contributed by atoms with Gasteiger partial charge in [0.05, 0.1) is 7.11 Å². The molecule has 0 aliphatic rings. The third-order valence-corrected chi connectivity index (χ3v) is 1.77. The quantitative estimate of drug-likeness (QED) is 0.566. The number of methoxy groups -OCH3 is 1. The molecule has 0 amide bonds. The van der Waals surface area contributed by atoms with Gasteiger partial charge in [0.25, 0.3) is 0 Å². The van der Waals surface area contributed by atoms with Crippen LogP contribution in [0.3, 0.4) is 0 Å². The van der Waals surface area contributed by atoms with E-state index in [0.29, 0.717) is 5.02 Å². The normalized spacial score (nSPS) is 10.4. The molecule has 1 aromatic carbocycles. The van der Waals surface area contributed by atoms with Gasteiger partial charge in [0.2, 0.25) is 0 Å². The van der Waals surface area contributed by atoms with E-state index in [1.165, 1.54) is 7.11 Å². The highest BCUT2D eigenvalue weighted by Crippen LogP contribution is 2.08. The SMILES string of the molecule is COC(=O)CN=Cc1cccc(Cl)c1. The van der Waals surface area contributed by atoms with Gasteiger partial charge in [0.1, 0.15) is 6.54 Å². The lowest BCUT2D eigenvalue weighted by atomic mass is 10.2. The second-order valence-corrected chi connectivity index (χ2v) is 3.04. The average Bonchev–Trinajstić information content (AvgIpc) is 2.17. The number of carbonyl (C=O) groups excluding carboxylic acids is 1. The van der Waals surface area contributed by atoms with Crippen LogP contribution in [0.1, 0.15) is 5.56 Å². The lowest BCUT2D eigenvalue weighted by molar-refractivity contribution is -0.138. The summed E-state index contributed by atoms with van der Waals surface area (Å²) in [5.41, 5.74) is 0.862. The van der Waals surface area contributed by atoms with Gasteiger partial charge in [-0.2, -0.15) is 0 Å². The Kier molecular flexibility index (Phi) is 4.13. The molecule has 0 N–H and O–H groups in total.